The van der Waals surface area contributed by atoms with Crippen LogP contribution in [0.5, 0.6) is 0 Å². The van der Waals surface area contributed by atoms with Gasteiger partial charge in [0.15, 0.2) is 0 Å². The molecule has 3 unspecified atom stereocenters. The molecule has 186 valence electrons. The Morgan fingerprint density at radius 3 is 2.20 bits per heavy atom. The zero-order valence-corrected chi connectivity index (χ0v) is 19.3. The van der Waals surface area contributed by atoms with Gasteiger partial charge in [-0.15, -0.1) is 0 Å². The van der Waals surface area contributed by atoms with Gasteiger partial charge in [0.1, 0.15) is 12.5 Å². The number of alkyl carbamates (subject to hydrolysis) is 1. The van der Waals surface area contributed by atoms with Crippen molar-refractivity contribution in [1.82, 2.24) is 10.6 Å². The second-order valence-corrected chi connectivity index (χ2v) is 9.03. The number of nitrogens with one attached hydrogen (secondary N) is 2. The van der Waals surface area contributed by atoms with Crippen LogP contribution in [-0.4, -0.2) is 48.7 Å². The van der Waals surface area contributed by atoms with E-state index < -0.39 is 48.2 Å². The van der Waals surface area contributed by atoms with E-state index in [4.69, 9.17) is 9.84 Å². The van der Waals surface area contributed by atoms with Crippen LogP contribution in [0.4, 0.5) is 13.6 Å². The minimum absolute atomic E-state index is 0.0544. The predicted octanol–water partition coefficient (Wildman–Crippen LogP) is 4.02. The molecule has 0 radical (unpaired) electrons. The molecule has 35 heavy (non-hydrogen) atoms. The van der Waals surface area contributed by atoms with E-state index in [1.807, 2.05) is 48.5 Å². The fourth-order valence-electron chi connectivity index (χ4n) is 4.84. The number of hydrogen-bond acceptors (Lipinski definition) is 4. The number of carbonyl (C=O) groups excluding carboxylic acids is 2. The van der Waals surface area contributed by atoms with Crippen LogP contribution in [0.15, 0.2) is 48.5 Å². The SMILES string of the molecule is CCCC(CNC(=O)C1C(CNC(=O)OCC2c3ccccc3-c3ccccc32)C1(F)F)C(=O)O. The number of halogens is 2. The second-order valence-electron chi connectivity index (χ2n) is 9.03. The molecule has 0 aliphatic heterocycles. The molecule has 7 nitrogen and oxygen atoms in total. The highest BCUT2D eigenvalue weighted by Gasteiger charge is 2.71. The molecule has 2 aliphatic rings. The van der Waals surface area contributed by atoms with Crippen molar-refractivity contribution in [2.75, 3.05) is 19.7 Å². The summed E-state index contributed by atoms with van der Waals surface area (Å²) in [4.78, 5) is 35.7. The quantitative estimate of drug-likeness (QED) is 0.471. The lowest BCUT2D eigenvalue weighted by molar-refractivity contribution is -0.142. The van der Waals surface area contributed by atoms with Gasteiger partial charge < -0.3 is 20.5 Å². The van der Waals surface area contributed by atoms with Gasteiger partial charge in [-0.25, -0.2) is 13.6 Å². The lowest BCUT2D eigenvalue weighted by Gasteiger charge is -2.14. The summed E-state index contributed by atoms with van der Waals surface area (Å²) in [6.45, 7) is 1.23. The van der Waals surface area contributed by atoms with Crippen LogP contribution < -0.4 is 10.6 Å². The zero-order valence-electron chi connectivity index (χ0n) is 19.3. The Bertz CT molecular complexity index is 1080. The summed E-state index contributed by atoms with van der Waals surface area (Å²) in [5.74, 6) is -9.21. The first kappa shape index (κ1) is 24.6. The molecule has 1 fully saturated rings. The summed E-state index contributed by atoms with van der Waals surface area (Å²) in [5.41, 5.74) is 4.23. The molecule has 3 N–H and O–H groups in total. The number of hydrogen-bond donors (Lipinski definition) is 3. The van der Waals surface area contributed by atoms with Gasteiger partial charge in [-0.1, -0.05) is 61.9 Å². The maximum atomic E-state index is 14.2. The normalized spacial score (nSPS) is 20.3. The fraction of sp³-hybridized carbons (Fsp3) is 0.423. The molecule has 2 aromatic rings. The van der Waals surface area contributed by atoms with Crippen molar-refractivity contribution in [3.8, 4) is 11.1 Å². The highest BCUT2D eigenvalue weighted by atomic mass is 19.3. The number of ether oxygens (including phenoxy) is 1. The topological polar surface area (TPSA) is 105 Å². The molecule has 0 bridgehead atoms. The van der Waals surface area contributed by atoms with Crippen LogP contribution >= 0.6 is 0 Å². The molecule has 2 amide bonds. The van der Waals surface area contributed by atoms with E-state index in [1.165, 1.54) is 0 Å². The van der Waals surface area contributed by atoms with Gasteiger partial charge in [-0.2, -0.15) is 0 Å². The number of rotatable bonds is 10. The molecule has 0 aromatic heterocycles. The maximum absolute atomic E-state index is 14.2. The Morgan fingerprint density at radius 2 is 1.63 bits per heavy atom. The number of carbonyl (C=O) groups is 3. The van der Waals surface area contributed by atoms with Crippen molar-refractivity contribution in [1.29, 1.82) is 0 Å². The number of fused-ring (bicyclic) bond motifs is 3. The van der Waals surface area contributed by atoms with Gasteiger partial charge in [0.25, 0.3) is 5.92 Å². The Hall–Kier alpha value is -3.49. The Morgan fingerprint density at radius 1 is 1.03 bits per heavy atom. The van der Waals surface area contributed by atoms with Crippen molar-refractivity contribution in [2.24, 2.45) is 17.8 Å². The number of carboxylic acids is 1. The van der Waals surface area contributed by atoms with E-state index >= 15 is 0 Å². The number of amides is 2. The van der Waals surface area contributed by atoms with E-state index in [2.05, 4.69) is 10.6 Å². The van der Waals surface area contributed by atoms with Crippen molar-refractivity contribution in [3.05, 3.63) is 59.7 Å². The molecule has 0 heterocycles. The molecule has 9 heteroatoms. The van der Waals surface area contributed by atoms with Crippen molar-refractivity contribution < 1.29 is 33.0 Å². The Kier molecular flexibility index (Phi) is 7.05. The molecule has 2 aromatic carbocycles. The van der Waals surface area contributed by atoms with Crippen LogP contribution in [-0.2, 0) is 14.3 Å². The van der Waals surface area contributed by atoms with E-state index in [0.717, 1.165) is 22.3 Å². The summed E-state index contributed by atoms with van der Waals surface area (Å²) in [6.07, 6.45) is 0.102. The summed E-state index contributed by atoms with van der Waals surface area (Å²) >= 11 is 0. The first-order valence-corrected chi connectivity index (χ1v) is 11.7. The summed E-state index contributed by atoms with van der Waals surface area (Å²) in [5, 5.41) is 13.8. The molecular formula is C26H28F2N2O5. The number of alkyl halides is 2. The minimum Gasteiger partial charge on any atom is -0.481 e. The van der Waals surface area contributed by atoms with E-state index in [9.17, 15) is 23.2 Å². The first-order chi connectivity index (χ1) is 16.8. The zero-order chi connectivity index (χ0) is 25.2. The molecule has 0 spiro atoms. The average Bonchev–Trinajstić information content (AvgIpc) is 3.24. The largest absolute Gasteiger partial charge is 0.481 e. The van der Waals surface area contributed by atoms with Gasteiger partial charge >= 0.3 is 12.1 Å². The summed E-state index contributed by atoms with van der Waals surface area (Å²) in [6, 6.07) is 15.7. The Balaban J connectivity index is 1.28. The van der Waals surface area contributed by atoms with Crippen LogP contribution in [0.1, 0.15) is 36.8 Å². The van der Waals surface area contributed by atoms with Gasteiger partial charge in [0, 0.05) is 19.0 Å². The van der Waals surface area contributed by atoms with Crippen LogP contribution in [0, 0.1) is 17.8 Å². The van der Waals surface area contributed by atoms with Crippen LogP contribution in [0.2, 0.25) is 0 Å². The van der Waals surface area contributed by atoms with Gasteiger partial charge in [0.2, 0.25) is 5.91 Å². The highest BCUT2D eigenvalue weighted by Crippen LogP contribution is 2.55. The smallest absolute Gasteiger partial charge is 0.407 e. The molecular weight excluding hydrogens is 458 g/mol. The fourth-order valence-corrected chi connectivity index (χ4v) is 4.84. The molecule has 3 atom stereocenters. The Labute approximate surface area is 201 Å². The second kappa shape index (κ2) is 10.0. The third-order valence-corrected chi connectivity index (χ3v) is 6.80. The molecule has 2 aliphatic carbocycles. The maximum Gasteiger partial charge on any atom is 0.407 e. The van der Waals surface area contributed by atoms with Crippen LogP contribution in [0.25, 0.3) is 11.1 Å². The van der Waals surface area contributed by atoms with E-state index in [0.29, 0.717) is 12.8 Å². The number of carboxylic acid groups (broad SMARTS) is 1. The summed E-state index contributed by atoms with van der Waals surface area (Å²) in [7, 11) is 0. The van der Waals surface area contributed by atoms with E-state index in [-0.39, 0.29) is 19.1 Å². The van der Waals surface area contributed by atoms with Gasteiger partial charge in [-0.3, -0.25) is 9.59 Å². The molecule has 1 saturated carbocycles. The van der Waals surface area contributed by atoms with Gasteiger partial charge in [-0.05, 0) is 28.7 Å². The number of aliphatic carboxylic acids is 1. The van der Waals surface area contributed by atoms with Crippen molar-refractivity contribution in [2.45, 2.75) is 31.6 Å². The van der Waals surface area contributed by atoms with Crippen LogP contribution in [0.3, 0.4) is 0 Å². The van der Waals surface area contributed by atoms with Crippen molar-refractivity contribution in [3.63, 3.8) is 0 Å². The highest BCUT2D eigenvalue weighted by molar-refractivity contribution is 5.84. The first-order valence-electron chi connectivity index (χ1n) is 11.7. The lowest BCUT2D eigenvalue weighted by Crippen LogP contribution is -2.35. The van der Waals surface area contributed by atoms with Crippen molar-refractivity contribution >= 4 is 18.0 Å². The summed E-state index contributed by atoms with van der Waals surface area (Å²) < 4.78 is 33.7. The minimum atomic E-state index is -3.27. The predicted molar refractivity (Wildman–Crippen MR) is 124 cm³/mol. The molecule has 0 saturated heterocycles. The lowest BCUT2D eigenvalue weighted by atomic mass is 9.98. The standard InChI is InChI=1S/C26H28F2N2O5/c1-2-7-15(24(32)33)12-29-23(31)22-21(26(22,27)28)13-30-25(34)35-14-20-18-10-5-3-8-16(18)17-9-4-6-11-19(17)20/h3-6,8-11,15,20-22H,2,7,12-14H2,1H3,(H,29,31)(H,30,34)(H,32,33). The monoisotopic (exact) mass is 486 g/mol. The molecule has 4 rings (SSSR count). The van der Waals surface area contributed by atoms with E-state index in [1.54, 1.807) is 6.92 Å². The third kappa shape index (κ3) is 4.99. The number of benzene rings is 2. The average molecular weight is 487 g/mol. The van der Waals surface area contributed by atoms with Gasteiger partial charge in [0.05, 0.1) is 11.8 Å². The third-order valence-electron chi connectivity index (χ3n) is 6.80.